The summed E-state index contributed by atoms with van der Waals surface area (Å²) in [5.41, 5.74) is 0. The molecule has 0 spiro atoms. The number of rotatable bonds is 8. The summed E-state index contributed by atoms with van der Waals surface area (Å²) in [6.45, 7) is 23.7. The van der Waals surface area contributed by atoms with Crippen LogP contribution in [0.4, 0.5) is 0 Å². The lowest BCUT2D eigenvalue weighted by atomic mass is 9.90. The quantitative estimate of drug-likeness (QED) is 0.632. The minimum atomic E-state index is 0.715. The fraction of sp³-hybridized carbons (Fsp3) is 1.00. The van der Waals surface area contributed by atoms with Crippen LogP contribution >= 0.6 is 0 Å². The number of piperazine rings is 1. The molecule has 0 radical (unpaired) electrons. The predicted molar refractivity (Wildman–Crippen MR) is 112 cm³/mol. The van der Waals surface area contributed by atoms with E-state index in [0.29, 0.717) is 6.04 Å². The zero-order valence-corrected chi connectivity index (χ0v) is 18.3. The second kappa shape index (κ2) is 13.1. The van der Waals surface area contributed by atoms with E-state index in [1.807, 2.05) is 13.8 Å². The molecule has 2 aliphatic rings. The predicted octanol–water partition coefficient (Wildman–Crippen LogP) is 4.58. The number of hydrogen-bond donors (Lipinski definition) is 0. The Balaban J connectivity index is 0.00000151. The van der Waals surface area contributed by atoms with Crippen molar-refractivity contribution >= 4 is 0 Å². The number of nitrogens with zero attached hydrogens (tertiary/aromatic N) is 3. The Bertz CT molecular complexity index is 300. The second-order valence-corrected chi connectivity index (χ2v) is 8.58. The molecule has 150 valence electrons. The van der Waals surface area contributed by atoms with Gasteiger partial charge < -0.3 is 4.90 Å². The van der Waals surface area contributed by atoms with Gasteiger partial charge in [-0.2, -0.15) is 0 Å². The Morgan fingerprint density at radius 3 is 1.76 bits per heavy atom. The fourth-order valence-corrected chi connectivity index (χ4v) is 4.10. The van der Waals surface area contributed by atoms with Crippen LogP contribution in [0.5, 0.6) is 0 Å². The van der Waals surface area contributed by atoms with Crippen molar-refractivity contribution in [3.63, 3.8) is 0 Å². The Hall–Kier alpha value is -0.120. The summed E-state index contributed by atoms with van der Waals surface area (Å²) in [5.74, 6) is 1.89. The summed E-state index contributed by atoms with van der Waals surface area (Å²) >= 11 is 0. The van der Waals surface area contributed by atoms with E-state index in [4.69, 9.17) is 0 Å². The highest BCUT2D eigenvalue weighted by molar-refractivity contribution is 4.77. The lowest BCUT2D eigenvalue weighted by molar-refractivity contribution is 0.0911. The first-order valence-corrected chi connectivity index (χ1v) is 11.2. The van der Waals surface area contributed by atoms with Gasteiger partial charge in [0.25, 0.3) is 0 Å². The Labute approximate surface area is 159 Å². The van der Waals surface area contributed by atoms with Gasteiger partial charge in [0.05, 0.1) is 0 Å². The van der Waals surface area contributed by atoms with E-state index < -0.39 is 0 Å². The average Bonchev–Trinajstić information content (AvgIpc) is 2.63. The third-order valence-electron chi connectivity index (χ3n) is 5.97. The molecule has 0 aromatic rings. The summed E-state index contributed by atoms with van der Waals surface area (Å²) in [7, 11) is 0. The van der Waals surface area contributed by atoms with Crippen LogP contribution < -0.4 is 0 Å². The Kier molecular flexibility index (Phi) is 12.0. The van der Waals surface area contributed by atoms with Crippen LogP contribution in [0.2, 0.25) is 0 Å². The molecule has 2 fully saturated rings. The lowest BCUT2D eigenvalue weighted by Gasteiger charge is -2.38. The van der Waals surface area contributed by atoms with Crippen LogP contribution in [-0.4, -0.2) is 73.1 Å². The topological polar surface area (TPSA) is 9.72 Å². The van der Waals surface area contributed by atoms with E-state index in [-0.39, 0.29) is 0 Å². The van der Waals surface area contributed by atoms with E-state index in [1.165, 1.54) is 84.5 Å². The van der Waals surface area contributed by atoms with Gasteiger partial charge in [-0.05, 0) is 51.6 Å². The molecule has 2 saturated heterocycles. The van der Waals surface area contributed by atoms with Gasteiger partial charge in [0.2, 0.25) is 0 Å². The van der Waals surface area contributed by atoms with Crippen molar-refractivity contribution in [3.8, 4) is 0 Å². The molecule has 0 aromatic heterocycles. The molecular formula is C22H47N3. The number of hydrogen-bond acceptors (Lipinski definition) is 3. The zero-order chi connectivity index (χ0) is 18.7. The van der Waals surface area contributed by atoms with Crippen molar-refractivity contribution in [3.05, 3.63) is 0 Å². The molecule has 0 aliphatic carbocycles. The van der Waals surface area contributed by atoms with E-state index in [2.05, 4.69) is 42.4 Å². The highest BCUT2D eigenvalue weighted by Gasteiger charge is 2.21. The summed E-state index contributed by atoms with van der Waals surface area (Å²) in [4.78, 5) is 8.00. The van der Waals surface area contributed by atoms with Gasteiger partial charge >= 0.3 is 0 Å². The highest BCUT2D eigenvalue weighted by Crippen LogP contribution is 2.23. The molecule has 0 unspecified atom stereocenters. The highest BCUT2D eigenvalue weighted by atomic mass is 15.3. The van der Waals surface area contributed by atoms with Crippen LogP contribution in [0, 0.1) is 11.8 Å². The smallest absolute Gasteiger partial charge is 0.0113 e. The maximum absolute atomic E-state index is 2.72. The van der Waals surface area contributed by atoms with Crippen molar-refractivity contribution in [2.75, 3.05) is 52.4 Å². The molecule has 2 rings (SSSR count). The third kappa shape index (κ3) is 9.40. The maximum atomic E-state index is 2.72. The molecular weight excluding hydrogens is 306 g/mol. The maximum Gasteiger partial charge on any atom is 0.0113 e. The largest absolute Gasteiger partial charge is 0.302 e. The van der Waals surface area contributed by atoms with Crippen LogP contribution in [0.1, 0.15) is 73.6 Å². The van der Waals surface area contributed by atoms with Crippen LogP contribution in [0.25, 0.3) is 0 Å². The van der Waals surface area contributed by atoms with Gasteiger partial charge in [-0.3, -0.25) is 9.80 Å². The molecule has 0 bridgehead atoms. The average molecular weight is 354 g/mol. The third-order valence-corrected chi connectivity index (χ3v) is 5.97. The summed E-state index contributed by atoms with van der Waals surface area (Å²) in [5, 5.41) is 0. The summed E-state index contributed by atoms with van der Waals surface area (Å²) < 4.78 is 0. The number of likely N-dealkylation sites (tertiary alicyclic amines) is 1. The number of piperidine rings is 1. The van der Waals surface area contributed by atoms with Crippen molar-refractivity contribution < 1.29 is 0 Å². The summed E-state index contributed by atoms with van der Waals surface area (Å²) in [6, 6.07) is 0.715. The monoisotopic (exact) mass is 353 g/mol. The minimum Gasteiger partial charge on any atom is -0.302 e. The van der Waals surface area contributed by atoms with Crippen molar-refractivity contribution in [1.29, 1.82) is 0 Å². The molecule has 0 N–H and O–H groups in total. The molecule has 2 heterocycles. The molecule has 0 aromatic carbocycles. The molecule has 2 aliphatic heterocycles. The molecule has 0 saturated carbocycles. The van der Waals surface area contributed by atoms with Crippen LogP contribution in [0.3, 0.4) is 0 Å². The van der Waals surface area contributed by atoms with E-state index in [9.17, 15) is 0 Å². The van der Waals surface area contributed by atoms with Gasteiger partial charge in [0.1, 0.15) is 0 Å². The van der Waals surface area contributed by atoms with Gasteiger partial charge in [-0.25, -0.2) is 0 Å². The lowest BCUT2D eigenvalue weighted by Crippen LogP contribution is -2.50. The van der Waals surface area contributed by atoms with Crippen molar-refractivity contribution in [1.82, 2.24) is 14.7 Å². The van der Waals surface area contributed by atoms with E-state index in [1.54, 1.807) is 0 Å². The van der Waals surface area contributed by atoms with Crippen molar-refractivity contribution in [2.45, 2.75) is 79.7 Å². The fourth-order valence-electron chi connectivity index (χ4n) is 4.10. The first kappa shape index (κ1) is 22.9. The van der Waals surface area contributed by atoms with E-state index >= 15 is 0 Å². The summed E-state index contributed by atoms with van der Waals surface area (Å²) in [6.07, 6.45) is 7.23. The SMILES string of the molecule is CC.CC(C)CCCC1CCN(CCN2CCN(C(C)C)CC2)CC1. The van der Waals surface area contributed by atoms with Gasteiger partial charge in [-0.1, -0.05) is 47.0 Å². The Morgan fingerprint density at radius 2 is 1.28 bits per heavy atom. The van der Waals surface area contributed by atoms with Gasteiger partial charge in [0.15, 0.2) is 0 Å². The van der Waals surface area contributed by atoms with Crippen LogP contribution in [-0.2, 0) is 0 Å². The minimum absolute atomic E-state index is 0.715. The Morgan fingerprint density at radius 1 is 0.760 bits per heavy atom. The molecule has 25 heavy (non-hydrogen) atoms. The first-order chi connectivity index (χ1) is 12.0. The van der Waals surface area contributed by atoms with E-state index in [0.717, 1.165) is 11.8 Å². The normalized spacial score (nSPS) is 21.6. The van der Waals surface area contributed by atoms with Crippen LogP contribution in [0.15, 0.2) is 0 Å². The van der Waals surface area contributed by atoms with Crippen molar-refractivity contribution in [2.24, 2.45) is 11.8 Å². The molecule has 0 atom stereocenters. The standard InChI is InChI=1S/C20H41N3.C2H6/c1-18(2)6-5-7-20-8-10-21(11-9-20)12-13-22-14-16-23(17-15-22)19(3)4;1-2/h18-20H,5-17H2,1-4H3;1-2H3. The van der Waals surface area contributed by atoms with Gasteiger partial charge in [0, 0.05) is 45.3 Å². The zero-order valence-electron chi connectivity index (χ0n) is 18.3. The molecule has 3 nitrogen and oxygen atoms in total. The van der Waals surface area contributed by atoms with Gasteiger partial charge in [-0.15, -0.1) is 0 Å². The first-order valence-electron chi connectivity index (χ1n) is 11.2. The molecule has 0 amide bonds. The molecule has 3 heteroatoms. The second-order valence-electron chi connectivity index (χ2n) is 8.58.